The molecule has 61 heavy (non-hydrogen) atoms. The van der Waals surface area contributed by atoms with Gasteiger partial charge in [-0.25, -0.2) is 19.2 Å². The molecular weight excluding hydrogens is 781 g/mol. The van der Waals surface area contributed by atoms with Crippen LogP contribution >= 0.6 is 0 Å². The van der Waals surface area contributed by atoms with Gasteiger partial charge in [0, 0.05) is 28.2 Å². The van der Waals surface area contributed by atoms with Gasteiger partial charge in [0.2, 0.25) is 0 Å². The second kappa shape index (κ2) is 16.6. The van der Waals surface area contributed by atoms with Crippen LogP contribution in [0.2, 0.25) is 0 Å². The molecule has 1 unspecified atom stereocenters. The van der Waals surface area contributed by atoms with Gasteiger partial charge in [0.05, 0.1) is 25.3 Å². The Labute approximate surface area is 350 Å². The van der Waals surface area contributed by atoms with Gasteiger partial charge >= 0.3 is 24.2 Å². The van der Waals surface area contributed by atoms with Gasteiger partial charge in [0.1, 0.15) is 24.7 Å². The quantitative estimate of drug-likeness (QED) is 0.0857. The Hall–Kier alpha value is -7.60. The van der Waals surface area contributed by atoms with E-state index in [1.807, 2.05) is 42.5 Å². The lowest BCUT2D eigenvalue weighted by Crippen LogP contribution is -2.22. The van der Waals surface area contributed by atoms with Crippen LogP contribution in [0.15, 0.2) is 109 Å². The number of rotatable bonds is 12. The number of carbonyl (C=O) groups is 4. The summed E-state index contributed by atoms with van der Waals surface area (Å²) in [6, 6.07) is 30.3. The Morgan fingerprint density at radius 3 is 1.62 bits per heavy atom. The molecule has 1 atom stereocenters. The third kappa shape index (κ3) is 7.95. The summed E-state index contributed by atoms with van der Waals surface area (Å²) in [6.45, 7) is 5.83. The lowest BCUT2D eigenvalue weighted by Gasteiger charge is -2.37. The highest BCUT2D eigenvalue weighted by Gasteiger charge is 2.36. The molecule has 0 saturated heterocycles. The zero-order chi connectivity index (χ0) is 43.7. The molecule has 0 bridgehead atoms. The molecule has 4 N–H and O–H groups in total. The molecule has 0 radical (unpaired) electrons. The van der Waals surface area contributed by atoms with Gasteiger partial charge in [-0.2, -0.15) is 0 Å². The number of carboxylic acids is 2. The van der Waals surface area contributed by atoms with Crippen LogP contribution in [-0.4, -0.2) is 58.9 Å². The van der Waals surface area contributed by atoms with Gasteiger partial charge in [-0.15, -0.1) is 0 Å². The van der Waals surface area contributed by atoms with E-state index in [1.54, 1.807) is 54.6 Å². The molecule has 310 valence electrons. The van der Waals surface area contributed by atoms with E-state index >= 15 is 0 Å². The molecule has 12 nitrogen and oxygen atoms in total. The molecule has 0 spiro atoms. The first-order chi connectivity index (χ1) is 29.1. The van der Waals surface area contributed by atoms with Gasteiger partial charge < -0.3 is 39.4 Å². The fourth-order valence-electron chi connectivity index (χ4n) is 8.34. The second-order valence-corrected chi connectivity index (χ2v) is 15.5. The van der Waals surface area contributed by atoms with E-state index in [0.29, 0.717) is 56.0 Å². The Balaban J connectivity index is 1.51. The first kappa shape index (κ1) is 41.6. The smallest absolute Gasteiger partial charge is 0.496 e. The molecule has 0 heterocycles. The fourth-order valence-corrected chi connectivity index (χ4v) is 8.34. The van der Waals surface area contributed by atoms with Gasteiger partial charge in [-0.1, -0.05) is 111 Å². The van der Waals surface area contributed by atoms with E-state index in [2.05, 4.69) is 26.8 Å². The van der Waals surface area contributed by atoms with Crippen molar-refractivity contribution in [2.24, 2.45) is 5.41 Å². The molecular formula is C49H42O12. The summed E-state index contributed by atoms with van der Waals surface area (Å²) < 4.78 is 21.2. The van der Waals surface area contributed by atoms with Crippen LogP contribution in [0, 0.1) is 5.41 Å². The number of allylic oxidation sites excluding steroid dienone is 1. The second-order valence-electron chi connectivity index (χ2n) is 15.5. The van der Waals surface area contributed by atoms with Crippen LogP contribution in [-0.2, 0) is 22.7 Å². The lowest BCUT2D eigenvalue weighted by molar-refractivity contribution is 0.0687. The Kier molecular flexibility index (Phi) is 11.3. The zero-order valence-corrected chi connectivity index (χ0v) is 33.9. The largest absolute Gasteiger partial charge is 0.506 e. The normalized spacial score (nSPS) is 13.3. The molecule has 0 amide bonds. The molecule has 12 heteroatoms. The predicted molar refractivity (Wildman–Crippen MR) is 229 cm³/mol. The number of methoxy groups -OCH3 is 2. The van der Waals surface area contributed by atoms with Crippen LogP contribution in [0.5, 0.6) is 11.5 Å². The number of hydrogen-bond acceptors (Lipinski definition) is 8. The topological polar surface area (TPSA) is 186 Å². The highest BCUT2D eigenvalue weighted by atomic mass is 16.7. The van der Waals surface area contributed by atoms with Crippen LogP contribution in [0.4, 0.5) is 9.59 Å². The summed E-state index contributed by atoms with van der Waals surface area (Å²) in [7, 11) is 2.93. The first-order valence-electron chi connectivity index (χ1n) is 19.2. The average molecular weight is 823 g/mol. The van der Waals surface area contributed by atoms with Crippen molar-refractivity contribution in [1.82, 2.24) is 0 Å². The summed E-state index contributed by atoms with van der Waals surface area (Å²) in [4.78, 5) is 48.3. The van der Waals surface area contributed by atoms with Gasteiger partial charge in [0.25, 0.3) is 0 Å². The van der Waals surface area contributed by atoms with Crippen molar-refractivity contribution in [2.75, 3.05) is 14.2 Å². The summed E-state index contributed by atoms with van der Waals surface area (Å²) in [6.07, 6.45) is -0.722. The first-order valence-corrected chi connectivity index (χ1v) is 19.2. The number of carboxylic acid groups (broad SMARTS) is 4. The number of ether oxygens (including phenoxy) is 4. The molecule has 0 saturated carbocycles. The average Bonchev–Trinajstić information content (AvgIpc) is 3.23. The maximum atomic E-state index is 13.1. The van der Waals surface area contributed by atoms with E-state index in [1.165, 1.54) is 20.3 Å². The van der Waals surface area contributed by atoms with Crippen molar-refractivity contribution in [3.63, 3.8) is 0 Å². The van der Waals surface area contributed by atoms with Gasteiger partial charge in [-0.05, 0) is 79.4 Å². The standard InChI is InChI=1S/C49H42O12/c1-49(2,3)38-23-37-29(30-10-7-13-35(45(50)51)42(30)31-18-15-26(21-39(31)58-4)24-60-47(54)55)20-17-28-9-6-11-33(41(28)37)44(38)34-12-8-14-36(46(52)53)43(34)32-19-16-27(22-40(32)59-5)25-61-48(56)57/h6-23,44H,24-25H2,1-5H3,(H,50,51)(H,52,53)(H,54,55)(H,56,57). The minimum atomic E-state index is -1.43. The molecule has 1 aliphatic rings. The van der Waals surface area contributed by atoms with Crippen molar-refractivity contribution in [3.05, 3.63) is 148 Å². The molecule has 0 aliphatic heterocycles. The van der Waals surface area contributed by atoms with Crippen molar-refractivity contribution >= 4 is 41.1 Å². The molecule has 7 rings (SSSR count). The molecule has 0 fully saturated rings. The third-order valence-electron chi connectivity index (χ3n) is 10.9. The molecule has 6 aromatic carbocycles. The number of hydrogen-bond donors (Lipinski definition) is 4. The fraction of sp³-hybridized carbons (Fsp3) is 0.184. The number of benzene rings is 6. The van der Waals surface area contributed by atoms with Gasteiger partial charge in [0.15, 0.2) is 0 Å². The molecule has 0 aromatic heterocycles. The maximum Gasteiger partial charge on any atom is 0.506 e. The van der Waals surface area contributed by atoms with E-state index in [9.17, 15) is 29.4 Å². The molecule has 6 aromatic rings. The minimum absolute atomic E-state index is 0.0317. The predicted octanol–water partition coefficient (Wildman–Crippen LogP) is 11.2. The van der Waals surface area contributed by atoms with Crippen LogP contribution in [0.1, 0.15) is 75.2 Å². The summed E-state index contributed by atoms with van der Waals surface area (Å²) in [5, 5.41) is 41.3. The van der Waals surface area contributed by atoms with Crippen LogP contribution < -0.4 is 9.47 Å². The van der Waals surface area contributed by atoms with Crippen LogP contribution in [0.25, 0.3) is 50.2 Å². The summed E-state index contributed by atoms with van der Waals surface area (Å²) in [5.41, 5.74) is 7.23. The SMILES string of the molecule is COc1cc(COC(=O)O)ccc1-c1c(C(=O)O)cccc1-c1ccc2cccc3c2c1C=C(C(C)(C)C)C3c1cccc(C(=O)O)c1-c1ccc(COC(=O)O)cc1OC. The Morgan fingerprint density at radius 1 is 0.574 bits per heavy atom. The summed E-state index contributed by atoms with van der Waals surface area (Å²) >= 11 is 0. The minimum Gasteiger partial charge on any atom is -0.496 e. The highest BCUT2D eigenvalue weighted by molar-refractivity contribution is 6.08. The van der Waals surface area contributed by atoms with Crippen molar-refractivity contribution in [1.29, 1.82) is 0 Å². The van der Waals surface area contributed by atoms with Crippen LogP contribution in [0.3, 0.4) is 0 Å². The maximum absolute atomic E-state index is 13.1. The molecule has 1 aliphatic carbocycles. The van der Waals surface area contributed by atoms with Crippen molar-refractivity contribution in [3.8, 4) is 44.9 Å². The number of aromatic carboxylic acids is 2. The highest BCUT2D eigenvalue weighted by Crippen LogP contribution is 2.54. The summed E-state index contributed by atoms with van der Waals surface area (Å²) in [5.74, 6) is -2.10. The monoisotopic (exact) mass is 822 g/mol. The lowest BCUT2D eigenvalue weighted by atomic mass is 9.66. The zero-order valence-electron chi connectivity index (χ0n) is 33.9. The van der Waals surface area contributed by atoms with Crippen molar-refractivity contribution < 1.29 is 58.6 Å². The van der Waals surface area contributed by atoms with E-state index in [4.69, 9.17) is 29.2 Å². The van der Waals surface area contributed by atoms with E-state index in [0.717, 1.165) is 33.0 Å². The van der Waals surface area contributed by atoms with Gasteiger partial charge in [-0.3, -0.25) is 0 Å². The third-order valence-corrected chi connectivity index (χ3v) is 10.9. The Bertz CT molecular complexity index is 2790. The Morgan fingerprint density at radius 2 is 1.08 bits per heavy atom. The van der Waals surface area contributed by atoms with E-state index < -0.39 is 35.6 Å². The van der Waals surface area contributed by atoms with E-state index in [-0.39, 0.29) is 24.3 Å². The van der Waals surface area contributed by atoms with Crippen molar-refractivity contribution in [2.45, 2.75) is 39.9 Å².